The van der Waals surface area contributed by atoms with E-state index < -0.39 is 0 Å². The van der Waals surface area contributed by atoms with Gasteiger partial charge in [0, 0.05) is 120 Å². The summed E-state index contributed by atoms with van der Waals surface area (Å²) in [5.41, 5.74) is 20.5. The third-order valence-electron chi connectivity index (χ3n) is 23.9. The van der Waals surface area contributed by atoms with Crippen LogP contribution in [0, 0.1) is 43.1 Å². The first-order valence-corrected chi connectivity index (χ1v) is 43.0. The Kier molecular flexibility index (Phi) is 22.1. The Morgan fingerprint density at radius 3 is 1.07 bits per heavy atom. The number of pyridine rings is 1. The van der Waals surface area contributed by atoms with Crippen LogP contribution >= 0.6 is 0 Å². The smallest absolute Gasteiger partial charge is 0.513 e. The fraction of sp³-hybridized carbons (Fsp3) is 0.00901. The van der Waals surface area contributed by atoms with Crippen LogP contribution in [0.2, 0.25) is 0 Å². The van der Waals surface area contributed by atoms with Crippen LogP contribution < -0.4 is 38.5 Å². The van der Waals surface area contributed by atoms with Gasteiger partial charge in [0.2, 0.25) is 5.88 Å². The molecule has 15 aromatic carbocycles. The molecule has 0 saturated carbocycles. The van der Waals surface area contributed by atoms with Crippen molar-refractivity contribution in [2.24, 2.45) is 0 Å². The number of benzene rings is 15. The molecule has 0 atom stereocenters. The first-order valence-electron chi connectivity index (χ1n) is 43.0. The number of aromatic nitrogens is 12. The molecule has 0 unspecified atom stereocenters. The largest absolute Gasteiger partial charge is 2.00 e. The Hall–Kier alpha value is -16.3. The van der Waals surface area contributed by atoms with Gasteiger partial charge in [0.15, 0.2) is 0 Å². The van der Waals surface area contributed by atoms with Crippen molar-refractivity contribution in [3.8, 4) is 80.3 Å². The number of nitrogens with zero attached hydrogens (tertiary/aromatic N) is 17. The van der Waals surface area contributed by atoms with Gasteiger partial charge in [0.05, 0.1) is 92.1 Å². The van der Waals surface area contributed by atoms with Gasteiger partial charge in [-0.1, -0.05) is 169 Å². The second-order valence-corrected chi connectivity index (χ2v) is 31.8. The Bertz CT molecular complexity index is 8260. The molecule has 0 N–H and O–H groups in total. The average Bonchev–Trinajstić information content (AvgIpc) is 1.69. The predicted octanol–water partition coefficient (Wildman–Crippen LogP) is 26.1. The van der Waals surface area contributed by atoms with E-state index in [-0.39, 0.29) is 63.2 Å². The predicted molar refractivity (Wildman–Crippen MR) is 516 cm³/mol. The summed E-state index contributed by atoms with van der Waals surface area (Å²) in [6.45, 7) is 2.08. The second kappa shape index (κ2) is 35.4. The number of hydrogen-bond acceptors (Lipinski definition) is 14. The van der Waals surface area contributed by atoms with Crippen LogP contribution in [0.25, 0.3) is 105 Å². The van der Waals surface area contributed by atoms with Gasteiger partial charge in [-0.25, -0.2) is 4.98 Å². The Morgan fingerprint density at radius 1 is 0.296 bits per heavy atom. The van der Waals surface area contributed by atoms with E-state index in [9.17, 15) is 0 Å². The minimum atomic E-state index is 0. The zero-order valence-corrected chi connectivity index (χ0v) is 78.2. The molecule has 0 saturated heterocycles. The van der Waals surface area contributed by atoms with Crippen LogP contribution in [0.4, 0.5) is 56.9 Å². The molecule has 12 heterocycles. The van der Waals surface area contributed by atoms with Crippen LogP contribution in [0.15, 0.2) is 402 Å². The van der Waals surface area contributed by atoms with Gasteiger partial charge in [-0.15, -0.1) is 115 Å². The molecule has 0 radical (unpaired) electrons. The third kappa shape index (κ3) is 15.0. The van der Waals surface area contributed by atoms with Crippen molar-refractivity contribution in [2.45, 2.75) is 0 Å². The molecule has 27 rings (SSSR count). The molecule has 4 aliphatic rings. The normalized spacial score (nSPS) is 12.6. The van der Waals surface area contributed by atoms with Crippen molar-refractivity contribution in [1.29, 1.82) is 0 Å². The van der Waals surface area contributed by atoms with Crippen LogP contribution in [-0.4, -0.2) is 69.8 Å². The monoisotopic (exact) mass is 2290 g/mol. The third-order valence-corrected chi connectivity index (χ3v) is 23.9. The van der Waals surface area contributed by atoms with Crippen LogP contribution in [0.5, 0.6) is 46.1 Å². The molecular weight excluding hydrogens is 2220 g/mol. The molecular formula is C111H70N17O4Pt3-3. The van der Waals surface area contributed by atoms with E-state index in [1.807, 2.05) is 234 Å². The van der Waals surface area contributed by atoms with Gasteiger partial charge < -0.3 is 52.6 Å². The van der Waals surface area contributed by atoms with E-state index in [4.69, 9.17) is 29.1 Å². The summed E-state index contributed by atoms with van der Waals surface area (Å²) in [4.78, 5) is 14.9. The molecule has 0 bridgehead atoms. The first kappa shape index (κ1) is 84.3. The summed E-state index contributed by atoms with van der Waals surface area (Å²) in [6, 6.07) is 136. The van der Waals surface area contributed by atoms with Crippen LogP contribution in [0.3, 0.4) is 0 Å². The molecule has 0 amide bonds. The molecule has 0 fully saturated rings. The minimum absolute atomic E-state index is 0. The van der Waals surface area contributed by atoms with E-state index in [1.165, 1.54) is 32.3 Å². The van der Waals surface area contributed by atoms with Gasteiger partial charge in [-0.3, -0.25) is 23.3 Å². The zero-order valence-electron chi connectivity index (χ0n) is 71.4. The standard InChI is InChI=1S/C39H26N5O2.2C36H22N6O.3Pt/c1-41-26-42(25-39(41)44-32-15-4-2-13-30(32)31-14-3-5-16-33(31)44)27-20-21-37-35(24-27)43(34-17-6-7-18-36(34)46-37)28-11-10-12-29(23-28)45-38-19-8-9-22-40-38;1-3-13-31-29(11-1)30-12-2-4-14-32(30)42(31)28-23-38-40(24-28)25-9-7-10-27(21-25)41-33-15-5-6-16-35(33)43-36-18-17-26(22-34(36)41)39-20-8-19-37-39;1-3-13-31-29(11-1)30-12-2-4-14-32(30)42(31)28-23-38-40(24-28)26-17-18-36-34(22-26)41(33-15-5-6-16-35(33)43-36)27-10-7-9-25(21-27)39-20-8-19-37-39;;;/h2-22,25-26H,1H3;2*1-20,23-24H;;;/q-3;2*-2;;2*+2. The molecule has 24 heteroatoms. The quantitative estimate of drug-likeness (QED) is 0.101. The van der Waals surface area contributed by atoms with Crippen molar-refractivity contribution < 1.29 is 82.1 Å². The number of para-hydroxylation sites is 12. The SMILES string of the molecule is CN1[CH-]N(c2[c-]c3c(cc2)Oc2ccccc2N3c2[c-]c(Oc3ccccn3)ccc2)C=C1n1c2ccccc2c2ccccc21.[Pt+2].[Pt+2].[Pt].[c-]1c(N2c3[c-]c(-n4cc(-n5c6ccccc6c6ccccc65)cn4)ccc3Oc3ccccc32)cccc1-n1cccn1.[c-]1c(N2c3[c-]c(-n4cccn4)ccc3Oc3ccccc32)cccc1-n1cc(-n2c3ccccc3c3ccccc32)cn1. The molecule has 656 valence electrons. The van der Waals surface area contributed by atoms with Gasteiger partial charge >= 0.3 is 42.1 Å². The molecule has 0 spiro atoms. The number of rotatable bonds is 13. The molecule has 135 heavy (non-hydrogen) atoms. The summed E-state index contributed by atoms with van der Waals surface area (Å²) in [6.07, 6.45) is 19.1. The fourth-order valence-electron chi connectivity index (χ4n) is 18.1. The zero-order chi connectivity index (χ0) is 87.3. The number of hydrogen-bond donors (Lipinski definition) is 0. The number of anilines is 10. The maximum Gasteiger partial charge on any atom is 2.00 e. The van der Waals surface area contributed by atoms with E-state index in [0.29, 0.717) is 28.9 Å². The number of fused-ring (bicyclic) bond motifs is 15. The molecule has 4 aliphatic heterocycles. The molecule has 0 aliphatic carbocycles. The van der Waals surface area contributed by atoms with Crippen LogP contribution in [-0.2, 0) is 63.2 Å². The fourth-order valence-corrected chi connectivity index (χ4v) is 18.1. The summed E-state index contributed by atoms with van der Waals surface area (Å²) in [7, 11) is 2.07. The molecule has 23 aromatic rings. The van der Waals surface area contributed by atoms with Crippen LogP contribution in [0.1, 0.15) is 0 Å². The van der Waals surface area contributed by atoms with E-state index >= 15 is 0 Å². The Morgan fingerprint density at radius 2 is 0.652 bits per heavy atom. The maximum absolute atomic E-state index is 6.38. The van der Waals surface area contributed by atoms with E-state index in [0.717, 1.165) is 147 Å². The summed E-state index contributed by atoms with van der Waals surface area (Å²) in [5, 5.41) is 25.7. The van der Waals surface area contributed by atoms with E-state index in [2.05, 4.69) is 261 Å². The average molecular weight is 2290 g/mol. The maximum atomic E-state index is 6.38. The Labute approximate surface area is 818 Å². The first-order chi connectivity index (χ1) is 65.3. The van der Waals surface area contributed by atoms with Gasteiger partial charge in [-0.2, -0.15) is 45.3 Å². The van der Waals surface area contributed by atoms with Crippen molar-refractivity contribution in [3.63, 3.8) is 0 Å². The number of ether oxygens (including phenoxy) is 4. The van der Waals surface area contributed by atoms with E-state index in [1.54, 1.807) is 28.0 Å². The van der Waals surface area contributed by atoms with Crippen molar-refractivity contribution in [2.75, 3.05) is 26.6 Å². The molecule has 21 nitrogen and oxygen atoms in total. The van der Waals surface area contributed by atoms with Gasteiger partial charge in [-0.05, 0) is 138 Å². The topological polar surface area (TPSA) is 152 Å². The van der Waals surface area contributed by atoms with Gasteiger partial charge in [0.25, 0.3) is 0 Å². The summed E-state index contributed by atoms with van der Waals surface area (Å²) < 4.78 is 39.2. The second-order valence-electron chi connectivity index (χ2n) is 31.8. The Balaban J connectivity index is 0.000000116. The van der Waals surface area contributed by atoms with Gasteiger partial charge in [0.1, 0.15) is 17.2 Å². The minimum Gasteiger partial charge on any atom is -0.513 e. The van der Waals surface area contributed by atoms with Crippen molar-refractivity contribution in [1.82, 2.24) is 62.7 Å². The summed E-state index contributed by atoms with van der Waals surface area (Å²) in [5.74, 6) is 6.50. The van der Waals surface area contributed by atoms with Crippen molar-refractivity contribution >= 4 is 128 Å². The molecule has 8 aromatic heterocycles. The summed E-state index contributed by atoms with van der Waals surface area (Å²) >= 11 is 0. The van der Waals surface area contributed by atoms with Crippen molar-refractivity contribution in [3.05, 3.63) is 445 Å².